The molecule has 9 heteroatoms. The van der Waals surface area contributed by atoms with E-state index in [4.69, 9.17) is 16.3 Å². The summed E-state index contributed by atoms with van der Waals surface area (Å²) in [7, 11) is -3.93. The molecule has 162 valence electrons. The van der Waals surface area contributed by atoms with Gasteiger partial charge >= 0.3 is 0 Å². The highest BCUT2D eigenvalue weighted by Gasteiger charge is 2.20. The first-order chi connectivity index (χ1) is 14.3. The zero-order valence-corrected chi connectivity index (χ0v) is 18.4. The van der Waals surface area contributed by atoms with Crippen LogP contribution in [0.4, 0.5) is 5.69 Å². The molecule has 7 nitrogen and oxygen atoms in total. The van der Waals surface area contributed by atoms with Gasteiger partial charge in [-0.15, -0.1) is 0 Å². The summed E-state index contributed by atoms with van der Waals surface area (Å²) < 4.78 is 33.4. The fraction of sp³-hybridized carbons (Fsp3) is 0.381. The van der Waals surface area contributed by atoms with Crippen LogP contribution in [0.3, 0.4) is 0 Å². The third kappa shape index (κ3) is 6.18. The monoisotopic (exact) mass is 451 g/mol. The predicted molar refractivity (Wildman–Crippen MR) is 118 cm³/mol. The molecule has 0 atom stereocenters. The predicted octanol–water partition coefficient (Wildman–Crippen LogP) is 2.90. The Morgan fingerprint density at radius 3 is 2.53 bits per heavy atom. The third-order valence-electron chi connectivity index (χ3n) is 4.83. The van der Waals surface area contributed by atoms with Crippen molar-refractivity contribution in [2.45, 2.75) is 18.2 Å². The fourth-order valence-corrected chi connectivity index (χ4v) is 4.70. The van der Waals surface area contributed by atoms with Gasteiger partial charge in [0.15, 0.2) is 0 Å². The number of amides is 1. The number of nitrogens with zero attached hydrogens (tertiary/aromatic N) is 1. The highest BCUT2D eigenvalue weighted by atomic mass is 35.5. The Bertz CT molecular complexity index is 974. The SMILES string of the molecule is Cc1ccc(NS(=O)(=O)c2cc(C(=O)NCCCN3CCOCC3)ccc2Cl)cc1. The number of sulfonamides is 1. The minimum absolute atomic E-state index is 0.0541. The molecule has 0 spiro atoms. The third-order valence-corrected chi connectivity index (χ3v) is 6.69. The number of benzene rings is 2. The van der Waals surface area contributed by atoms with Gasteiger partial charge in [0.1, 0.15) is 4.90 Å². The Morgan fingerprint density at radius 1 is 1.13 bits per heavy atom. The molecule has 0 aliphatic carbocycles. The minimum atomic E-state index is -3.93. The number of anilines is 1. The summed E-state index contributed by atoms with van der Waals surface area (Å²) in [6.07, 6.45) is 0.805. The van der Waals surface area contributed by atoms with Crippen LogP contribution in [-0.4, -0.2) is 58.6 Å². The van der Waals surface area contributed by atoms with Gasteiger partial charge in [-0.1, -0.05) is 29.3 Å². The number of carbonyl (C=O) groups is 1. The van der Waals surface area contributed by atoms with Crippen LogP contribution in [0.2, 0.25) is 5.02 Å². The molecule has 0 bridgehead atoms. The molecule has 1 aliphatic rings. The van der Waals surface area contributed by atoms with E-state index in [1.54, 1.807) is 24.3 Å². The van der Waals surface area contributed by atoms with Crippen LogP contribution in [0.1, 0.15) is 22.3 Å². The van der Waals surface area contributed by atoms with E-state index in [9.17, 15) is 13.2 Å². The summed E-state index contributed by atoms with van der Waals surface area (Å²) in [4.78, 5) is 14.6. The van der Waals surface area contributed by atoms with Gasteiger partial charge in [-0.05, 0) is 50.2 Å². The molecule has 2 aromatic rings. The molecular weight excluding hydrogens is 426 g/mol. The highest BCUT2D eigenvalue weighted by Crippen LogP contribution is 2.25. The number of carbonyl (C=O) groups excluding carboxylic acids is 1. The maximum Gasteiger partial charge on any atom is 0.263 e. The van der Waals surface area contributed by atoms with E-state index in [1.807, 2.05) is 6.92 Å². The molecule has 0 saturated carbocycles. The summed E-state index contributed by atoms with van der Waals surface area (Å²) in [5, 5.41) is 2.89. The molecule has 1 fully saturated rings. The van der Waals surface area contributed by atoms with E-state index < -0.39 is 10.0 Å². The van der Waals surface area contributed by atoms with E-state index in [0.717, 1.165) is 44.8 Å². The standard InChI is InChI=1S/C21H26ClN3O4S/c1-16-3-6-18(7-4-16)24-30(27,28)20-15-17(5-8-19(20)22)21(26)23-9-2-10-25-11-13-29-14-12-25/h3-8,15,24H,2,9-14H2,1H3,(H,23,26). The van der Waals surface area contributed by atoms with Gasteiger partial charge in [0.25, 0.3) is 15.9 Å². The van der Waals surface area contributed by atoms with Crippen molar-refractivity contribution in [3.63, 3.8) is 0 Å². The first kappa shape index (κ1) is 22.6. The molecule has 0 unspecified atom stereocenters. The lowest BCUT2D eigenvalue weighted by Gasteiger charge is -2.26. The number of rotatable bonds is 8. The van der Waals surface area contributed by atoms with Gasteiger partial charge in [-0.3, -0.25) is 14.4 Å². The van der Waals surface area contributed by atoms with Crippen molar-refractivity contribution in [2.24, 2.45) is 0 Å². The van der Waals surface area contributed by atoms with Crippen LogP contribution in [0.5, 0.6) is 0 Å². The quantitative estimate of drug-likeness (QED) is 0.602. The van der Waals surface area contributed by atoms with E-state index in [1.165, 1.54) is 18.2 Å². The summed E-state index contributed by atoms with van der Waals surface area (Å²) in [6, 6.07) is 11.2. The first-order valence-corrected chi connectivity index (χ1v) is 11.7. The van der Waals surface area contributed by atoms with Gasteiger partial charge < -0.3 is 10.1 Å². The maximum absolute atomic E-state index is 12.8. The Hall–Kier alpha value is -2.13. The summed E-state index contributed by atoms with van der Waals surface area (Å²) >= 11 is 6.12. The normalized spacial score (nSPS) is 15.0. The molecule has 2 aromatic carbocycles. The number of morpholine rings is 1. The molecule has 30 heavy (non-hydrogen) atoms. The molecule has 1 saturated heterocycles. The zero-order valence-electron chi connectivity index (χ0n) is 16.9. The maximum atomic E-state index is 12.8. The molecule has 1 amide bonds. The first-order valence-electron chi connectivity index (χ1n) is 9.82. The average Bonchev–Trinajstić information content (AvgIpc) is 2.73. The number of ether oxygens (including phenoxy) is 1. The summed E-state index contributed by atoms with van der Waals surface area (Å²) in [5.41, 5.74) is 1.69. The lowest BCUT2D eigenvalue weighted by molar-refractivity contribution is 0.0374. The minimum Gasteiger partial charge on any atom is -0.379 e. The molecule has 0 aromatic heterocycles. The van der Waals surface area contributed by atoms with E-state index in [2.05, 4.69) is 14.9 Å². The van der Waals surface area contributed by atoms with E-state index in [-0.39, 0.29) is 21.4 Å². The number of aryl methyl sites for hydroxylation is 1. The lowest BCUT2D eigenvalue weighted by Crippen LogP contribution is -2.38. The van der Waals surface area contributed by atoms with Crippen molar-refractivity contribution in [1.82, 2.24) is 10.2 Å². The van der Waals surface area contributed by atoms with Crippen molar-refractivity contribution in [3.05, 3.63) is 58.6 Å². The number of hydrogen-bond donors (Lipinski definition) is 2. The van der Waals surface area contributed by atoms with E-state index >= 15 is 0 Å². The molecule has 3 rings (SSSR count). The molecule has 1 aliphatic heterocycles. The lowest BCUT2D eigenvalue weighted by atomic mass is 10.2. The summed E-state index contributed by atoms with van der Waals surface area (Å²) in [6.45, 7) is 6.59. The second kappa shape index (κ2) is 10.3. The zero-order chi connectivity index (χ0) is 21.6. The van der Waals surface area contributed by atoms with Gasteiger partial charge in [-0.25, -0.2) is 8.42 Å². The fourth-order valence-electron chi connectivity index (χ4n) is 3.11. The largest absolute Gasteiger partial charge is 0.379 e. The van der Waals surface area contributed by atoms with Crippen LogP contribution >= 0.6 is 11.6 Å². The Kier molecular flexibility index (Phi) is 7.71. The van der Waals surface area contributed by atoms with Gasteiger partial charge in [-0.2, -0.15) is 0 Å². The van der Waals surface area contributed by atoms with Crippen molar-refractivity contribution >= 4 is 33.2 Å². The molecule has 2 N–H and O–H groups in total. The molecular formula is C21H26ClN3O4S. The number of halogens is 1. The Labute approximate surface area is 182 Å². The van der Waals surface area contributed by atoms with Crippen LogP contribution in [0, 0.1) is 6.92 Å². The number of nitrogens with one attached hydrogen (secondary N) is 2. The smallest absolute Gasteiger partial charge is 0.263 e. The van der Waals surface area contributed by atoms with Crippen molar-refractivity contribution in [1.29, 1.82) is 0 Å². The Balaban J connectivity index is 1.61. The summed E-state index contributed by atoms with van der Waals surface area (Å²) in [5.74, 6) is -0.333. The van der Waals surface area contributed by atoms with Crippen molar-refractivity contribution in [2.75, 3.05) is 44.1 Å². The topological polar surface area (TPSA) is 87.7 Å². The van der Waals surface area contributed by atoms with Gasteiger partial charge in [0, 0.05) is 30.9 Å². The highest BCUT2D eigenvalue weighted by molar-refractivity contribution is 7.92. The van der Waals surface area contributed by atoms with Crippen LogP contribution in [-0.2, 0) is 14.8 Å². The Morgan fingerprint density at radius 2 is 1.83 bits per heavy atom. The van der Waals surface area contributed by atoms with Gasteiger partial charge in [0.2, 0.25) is 0 Å². The second-order valence-corrected chi connectivity index (χ2v) is 9.24. The van der Waals surface area contributed by atoms with E-state index in [0.29, 0.717) is 12.2 Å². The van der Waals surface area contributed by atoms with Crippen molar-refractivity contribution in [3.8, 4) is 0 Å². The van der Waals surface area contributed by atoms with Crippen LogP contribution in [0.15, 0.2) is 47.4 Å². The van der Waals surface area contributed by atoms with Crippen LogP contribution in [0.25, 0.3) is 0 Å². The van der Waals surface area contributed by atoms with Crippen molar-refractivity contribution < 1.29 is 17.9 Å². The number of hydrogen-bond acceptors (Lipinski definition) is 5. The molecule has 1 heterocycles. The molecule has 0 radical (unpaired) electrons. The second-order valence-electron chi connectivity index (χ2n) is 7.18. The average molecular weight is 452 g/mol. The van der Waals surface area contributed by atoms with Gasteiger partial charge in [0.05, 0.1) is 18.2 Å². The van der Waals surface area contributed by atoms with Crippen LogP contribution < -0.4 is 10.0 Å².